The highest BCUT2D eigenvalue weighted by Crippen LogP contribution is 2.34. The second kappa shape index (κ2) is 6.80. The Morgan fingerprint density at radius 1 is 1.14 bits per heavy atom. The Hall–Kier alpha value is -2.55. The monoisotopic (exact) mass is 405 g/mol. The lowest BCUT2D eigenvalue weighted by molar-refractivity contribution is -0.134. The van der Waals surface area contributed by atoms with Crippen molar-refractivity contribution in [3.8, 4) is 11.5 Å². The highest BCUT2D eigenvalue weighted by atomic mass is 32.2. The quantitative estimate of drug-likeness (QED) is 0.752. The molecule has 0 bridgehead atoms. The number of piperidine rings is 1. The molecule has 2 atom stereocenters. The van der Waals surface area contributed by atoms with Gasteiger partial charge in [-0.2, -0.15) is 8.42 Å². The zero-order valence-corrected chi connectivity index (χ0v) is 16.9. The molecule has 3 heterocycles. The van der Waals surface area contributed by atoms with E-state index in [0.29, 0.717) is 17.1 Å². The average molecular weight is 405 g/mol. The molecule has 0 spiro atoms. The van der Waals surface area contributed by atoms with E-state index >= 15 is 0 Å². The lowest BCUT2D eigenvalue weighted by Crippen LogP contribution is -2.50. The van der Waals surface area contributed by atoms with Crippen LogP contribution < -0.4 is 9.47 Å². The van der Waals surface area contributed by atoms with Gasteiger partial charge < -0.3 is 14.4 Å². The van der Waals surface area contributed by atoms with Crippen molar-refractivity contribution >= 4 is 21.8 Å². The number of rotatable bonds is 2. The maximum absolute atomic E-state index is 13.3. The number of carbonyl (C=O) groups is 1. The Morgan fingerprint density at radius 2 is 1.82 bits per heavy atom. The van der Waals surface area contributed by atoms with E-state index in [2.05, 4.69) is 4.40 Å². The molecule has 0 N–H and O–H groups in total. The van der Waals surface area contributed by atoms with Crippen LogP contribution in [0, 0.1) is 0 Å². The number of amides is 1. The van der Waals surface area contributed by atoms with Crippen LogP contribution in [0.4, 0.5) is 0 Å². The molecule has 0 saturated carbocycles. The minimum absolute atomic E-state index is 0.0566. The summed E-state index contributed by atoms with van der Waals surface area (Å²) in [6.45, 7) is 4.12. The molecule has 0 aliphatic carbocycles. The maximum atomic E-state index is 13.3. The van der Waals surface area contributed by atoms with E-state index in [0.717, 1.165) is 23.6 Å². The predicted octanol–water partition coefficient (Wildman–Crippen LogP) is 2.07. The van der Waals surface area contributed by atoms with Gasteiger partial charge in [0.15, 0.2) is 11.5 Å². The molecule has 9 heteroatoms. The maximum Gasteiger partial charge on any atom is 0.345 e. The fourth-order valence-electron chi connectivity index (χ4n) is 3.90. The molecule has 0 radical (unpaired) electrons. The molecule has 4 rings (SSSR count). The topological polar surface area (TPSA) is 88.5 Å². The molecule has 0 unspecified atom stereocenters. The van der Waals surface area contributed by atoms with Crippen LogP contribution in [-0.4, -0.2) is 55.2 Å². The van der Waals surface area contributed by atoms with E-state index in [1.54, 1.807) is 23.1 Å². The summed E-state index contributed by atoms with van der Waals surface area (Å²) >= 11 is 0. The Morgan fingerprint density at radius 3 is 2.54 bits per heavy atom. The summed E-state index contributed by atoms with van der Waals surface area (Å²) in [5.41, 5.74) is 0.853. The van der Waals surface area contributed by atoms with Gasteiger partial charge in [-0.15, -0.1) is 4.40 Å². The zero-order chi connectivity index (χ0) is 20.1. The van der Waals surface area contributed by atoms with Crippen molar-refractivity contribution in [2.75, 3.05) is 13.8 Å². The van der Waals surface area contributed by atoms with Gasteiger partial charge in [0.1, 0.15) is 5.70 Å². The summed E-state index contributed by atoms with van der Waals surface area (Å²) in [5.74, 6) is 0.825. The number of carbonyl (C=O) groups excluding carboxylic acids is 1. The van der Waals surface area contributed by atoms with E-state index in [1.165, 1.54) is 13.1 Å². The van der Waals surface area contributed by atoms with Gasteiger partial charge in [0.2, 0.25) is 6.79 Å². The molecule has 150 valence electrons. The van der Waals surface area contributed by atoms with Crippen LogP contribution in [0.1, 0.15) is 38.7 Å². The number of nitrogens with zero attached hydrogens (tertiary/aromatic N) is 3. The molecule has 1 amide bonds. The average Bonchev–Trinajstić information content (AvgIpc) is 3.11. The third-order valence-electron chi connectivity index (χ3n) is 5.49. The van der Waals surface area contributed by atoms with Crippen LogP contribution in [0.15, 0.2) is 34.4 Å². The Balaban J connectivity index is 1.74. The second-order valence-corrected chi connectivity index (χ2v) is 8.99. The Bertz CT molecular complexity index is 975. The smallest absolute Gasteiger partial charge is 0.345 e. The number of hydrogen-bond donors (Lipinski definition) is 0. The molecule has 1 aromatic carbocycles. The molecule has 1 saturated heterocycles. The summed E-state index contributed by atoms with van der Waals surface area (Å²) in [6.07, 6.45) is 4.41. The van der Waals surface area contributed by atoms with Crippen LogP contribution in [-0.2, 0) is 15.0 Å². The minimum Gasteiger partial charge on any atom is -0.454 e. The molecule has 0 aromatic heterocycles. The standard InChI is InChI=1S/C19H23N3O5S/c1-12-5-4-6-13(2)22(12)19(23)16-10-15(20-28(24,25)21(16)3)14-7-8-17-18(9-14)27-11-26-17/h7-10,12-13H,4-6,11H2,1-3H3/t12-,13-/m0/s1. The third kappa shape index (κ3) is 3.13. The molecule has 8 nitrogen and oxygen atoms in total. The molecule has 1 fully saturated rings. The number of likely N-dealkylation sites (N-methyl/N-ethyl adjacent to an activating group) is 1. The number of fused-ring (bicyclic) bond motifs is 1. The van der Waals surface area contributed by atoms with Crippen LogP contribution in [0.2, 0.25) is 0 Å². The van der Waals surface area contributed by atoms with Crippen LogP contribution in [0.25, 0.3) is 0 Å². The lowest BCUT2D eigenvalue weighted by Gasteiger charge is -2.40. The molecule has 3 aliphatic rings. The van der Waals surface area contributed by atoms with Gasteiger partial charge in [-0.25, -0.2) is 4.31 Å². The van der Waals surface area contributed by atoms with Crippen LogP contribution in [0.3, 0.4) is 0 Å². The van der Waals surface area contributed by atoms with Gasteiger partial charge in [0, 0.05) is 24.7 Å². The van der Waals surface area contributed by atoms with E-state index in [4.69, 9.17) is 9.47 Å². The largest absolute Gasteiger partial charge is 0.454 e. The number of allylic oxidation sites excluding steroid dienone is 1. The van der Waals surface area contributed by atoms with E-state index in [1.807, 2.05) is 13.8 Å². The normalized spacial score (nSPS) is 26.0. The summed E-state index contributed by atoms with van der Waals surface area (Å²) < 4.78 is 40.8. The second-order valence-electron chi connectivity index (χ2n) is 7.36. The highest BCUT2D eigenvalue weighted by molar-refractivity contribution is 7.88. The highest BCUT2D eigenvalue weighted by Gasteiger charge is 2.37. The van der Waals surface area contributed by atoms with E-state index < -0.39 is 10.2 Å². The van der Waals surface area contributed by atoms with Crippen molar-refractivity contribution in [1.82, 2.24) is 9.21 Å². The summed E-state index contributed by atoms with van der Waals surface area (Å²) in [6, 6.07) is 5.20. The van der Waals surface area contributed by atoms with E-state index in [9.17, 15) is 13.2 Å². The van der Waals surface area contributed by atoms with Gasteiger partial charge in [0.05, 0.1) is 5.71 Å². The first kappa shape index (κ1) is 18.8. The van der Waals surface area contributed by atoms with Crippen LogP contribution >= 0.6 is 0 Å². The van der Waals surface area contributed by atoms with Crippen LogP contribution in [0.5, 0.6) is 11.5 Å². The number of likely N-dealkylation sites (tertiary alicyclic amines) is 1. The third-order valence-corrected chi connectivity index (χ3v) is 6.80. The summed E-state index contributed by atoms with van der Waals surface area (Å²) in [7, 11) is -2.65. The molecular formula is C19H23N3O5S. The first-order chi connectivity index (χ1) is 13.3. The Kier molecular flexibility index (Phi) is 4.57. The van der Waals surface area contributed by atoms with Crippen molar-refractivity contribution in [2.24, 2.45) is 4.40 Å². The van der Waals surface area contributed by atoms with Crippen molar-refractivity contribution in [3.05, 3.63) is 35.5 Å². The fourth-order valence-corrected chi connectivity index (χ4v) is 4.81. The van der Waals surface area contributed by atoms with Gasteiger partial charge in [-0.3, -0.25) is 4.79 Å². The van der Waals surface area contributed by atoms with Gasteiger partial charge in [-0.05, 0) is 57.4 Å². The summed E-state index contributed by atoms with van der Waals surface area (Å²) in [5, 5.41) is 0. The number of benzene rings is 1. The van der Waals surface area contributed by atoms with Gasteiger partial charge in [-0.1, -0.05) is 0 Å². The molecular weight excluding hydrogens is 382 g/mol. The van der Waals surface area contributed by atoms with E-state index in [-0.39, 0.29) is 36.2 Å². The fraction of sp³-hybridized carbons (Fsp3) is 0.474. The van der Waals surface area contributed by atoms with Crippen molar-refractivity contribution in [1.29, 1.82) is 0 Å². The molecule has 28 heavy (non-hydrogen) atoms. The number of ether oxygens (including phenoxy) is 2. The first-order valence-electron chi connectivity index (χ1n) is 9.31. The molecule has 3 aliphatic heterocycles. The first-order valence-corrected chi connectivity index (χ1v) is 10.7. The van der Waals surface area contributed by atoms with Crippen molar-refractivity contribution in [3.63, 3.8) is 0 Å². The predicted molar refractivity (Wildman–Crippen MR) is 103 cm³/mol. The molecule has 1 aromatic rings. The number of hydrogen-bond acceptors (Lipinski definition) is 5. The zero-order valence-electron chi connectivity index (χ0n) is 16.1. The minimum atomic E-state index is -4.01. The SMILES string of the molecule is C[C@H]1CCC[C@H](C)N1C(=O)C1=CC(c2ccc3c(c2)OCO3)=NS(=O)(=O)N1C. The van der Waals surface area contributed by atoms with Crippen molar-refractivity contribution < 1.29 is 22.7 Å². The Labute approximate surface area is 164 Å². The van der Waals surface area contributed by atoms with Gasteiger partial charge >= 0.3 is 10.2 Å². The summed E-state index contributed by atoms with van der Waals surface area (Å²) in [4.78, 5) is 15.1. The van der Waals surface area contributed by atoms with Crippen molar-refractivity contribution in [2.45, 2.75) is 45.2 Å². The van der Waals surface area contributed by atoms with Gasteiger partial charge in [0.25, 0.3) is 5.91 Å². The lowest BCUT2D eigenvalue weighted by atomic mass is 9.97.